The lowest BCUT2D eigenvalue weighted by atomic mass is 10.3. The molecule has 0 radical (unpaired) electrons. The first-order chi connectivity index (χ1) is 14.4. The fourth-order valence-corrected chi connectivity index (χ4v) is 2.33. The van der Waals surface area contributed by atoms with Crippen LogP contribution >= 0.6 is 0 Å². The summed E-state index contributed by atoms with van der Waals surface area (Å²) in [5, 5.41) is 3.66. The number of aromatic nitrogens is 2. The third-order valence-electron chi connectivity index (χ3n) is 3.67. The number of fused-ring (bicyclic) bond motifs is 1. The molecule has 1 atom stereocenters. The molecular weight excluding hydrogens is 393 g/mol. The average Bonchev–Trinajstić information content (AvgIpc) is 2.72. The summed E-state index contributed by atoms with van der Waals surface area (Å²) < 4.78 is 29.4. The Labute approximate surface area is 172 Å². The number of hydrogen-bond donors (Lipinski definition) is 0. The minimum atomic E-state index is -0.840. The summed E-state index contributed by atoms with van der Waals surface area (Å²) in [7, 11) is 0. The first kappa shape index (κ1) is 21.0. The minimum absolute atomic E-state index is 0.226. The van der Waals surface area contributed by atoms with Gasteiger partial charge in [0.05, 0.1) is 22.9 Å². The van der Waals surface area contributed by atoms with E-state index in [1.807, 2.05) is 0 Å². The van der Waals surface area contributed by atoms with Crippen LogP contribution in [-0.4, -0.2) is 34.5 Å². The van der Waals surface area contributed by atoms with Crippen molar-refractivity contribution < 1.29 is 28.2 Å². The molecule has 0 N–H and O–H groups in total. The Balaban J connectivity index is 1.55. The van der Waals surface area contributed by atoms with Gasteiger partial charge < -0.3 is 19.0 Å². The highest BCUT2D eigenvalue weighted by Crippen LogP contribution is 2.24. The molecule has 9 heteroatoms. The summed E-state index contributed by atoms with van der Waals surface area (Å²) in [5.74, 6) is 0.162. The molecule has 2 aromatic carbocycles. The van der Waals surface area contributed by atoms with E-state index in [1.165, 1.54) is 18.3 Å². The van der Waals surface area contributed by atoms with Gasteiger partial charge in [0.25, 0.3) is 6.79 Å². The zero-order valence-corrected chi connectivity index (χ0v) is 16.7. The van der Waals surface area contributed by atoms with Crippen molar-refractivity contribution in [1.82, 2.24) is 9.97 Å². The maximum absolute atomic E-state index is 13.4. The highest BCUT2D eigenvalue weighted by atomic mass is 19.1. The van der Waals surface area contributed by atoms with Gasteiger partial charge in [0, 0.05) is 6.07 Å². The Morgan fingerprint density at radius 3 is 2.57 bits per heavy atom. The molecular formula is C21H20FN3O5. The Kier molecular flexibility index (Phi) is 6.74. The number of ether oxygens (including phenoxy) is 3. The summed E-state index contributed by atoms with van der Waals surface area (Å²) in [5.41, 5.74) is 1.67. The lowest BCUT2D eigenvalue weighted by molar-refractivity contribution is -0.163. The fourth-order valence-electron chi connectivity index (χ4n) is 2.33. The molecule has 1 heterocycles. The van der Waals surface area contributed by atoms with Crippen molar-refractivity contribution in [3.63, 3.8) is 0 Å². The lowest BCUT2D eigenvalue weighted by Gasteiger charge is -2.14. The molecule has 0 saturated carbocycles. The third-order valence-corrected chi connectivity index (χ3v) is 3.67. The van der Waals surface area contributed by atoms with Gasteiger partial charge in [-0.25, -0.2) is 19.2 Å². The number of halogens is 1. The molecule has 0 spiro atoms. The van der Waals surface area contributed by atoms with Crippen LogP contribution in [0.4, 0.5) is 4.39 Å². The Morgan fingerprint density at radius 2 is 1.83 bits per heavy atom. The summed E-state index contributed by atoms with van der Waals surface area (Å²) in [6.45, 7) is 4.78. The van der Waals surface area contributed by atoms with E-state index in [0.717, 1.165) is 0 Å². The van der Waals surface area contributed by atoms with Crippen LogP contribution in [0.5, 0.6) is 17.4 Å². The van der Waals surface area contributed by atoms with Crippen molar-refractivity contribution in [1.29, 1.82) is 0 Å². The number of carbonyl (C=O) groups is 1. The second-order valence-electron chi connectivity index (χ2n) is 6.42. The van der Waals surface area contributed by atoms with E-state index >= 15 is 0 Å². The van der Waals surface area contributed by atoms with E-state index < -0.39 is 17.9 Å². The first-order valence-electron chi connectivity index (χ1n) is 9.07. The smallest absolute Gasteiger partial charge is 0.349 e. The maximum atomic E-state index is 13.4. The molecule has 1 aromatic heterocycles. The van der Waals surface area contributed by atoms with Gasteiger partial charge in [-0.3, -0.25) is 0 Å². The van der Waals surface area contributed by atoms with Crippen LogP contribution in [0.2, 0.25) is 0 Å². The number of esters is 1. The standard InChI is InChI=1S/C21H20FN3O5/c1-13(2)25-28-12-27-21(26)14(3)29-16-5-7-17(8-6-16)30-20-11-23-18-9-4-15(22)10-19(18)24-20/h4-11,14H,12H2,1-3H3. The number of carbonyl (C=O) groups excluding carboxylic acids is 1. The van der Waals surface area contributed by atoms with Gasteiger partial charge in [-0.15, -0.1) is 0 Å². The Morgan fingerprint density at radius 1 is 1.10 bits per heavy atom. The molecule has 3 rings (SSSR count). The molecule has 0 aliphatic heterocycles. The predicted octanol–water partition coefficient (Wildman–Crippen LogP) is 4.24. The second-order valence-corrected chi connectivity index (χ2v) is 6.42. The first-order valence-corrected chi connectivity index (χ1v) is 9.07. The molecule has 8 nitrogen and oxygen atoms in total. The highest BCUT2D eigenvalue weighted by molar-refractivity contribution is 5.78. The highest BCUT2D eigenvalue weighted by Gasteiger charge is 2.16. The predicted molar refractivity (Wildman–Crippen MR) is 107 cm³/mol. The van der Waals surface area contributed by atoms with Gasteiger partial charge in [-0.1, -0.05) is 5.16 Å². The van der Waals surface area contributed by atoms with Crippen molar-refractivity contribution in [2.24, 2.45) is 5.16 Å². The van der Waals surface area contributed by atoms with Crippen LogP contribution in [0.25, 0.3) is 11.0 Å². The third kappa shape index (κ3) is 5.87. The molecule has 0 aliphatic rings. The molecule has 0 fully saturated rings. The van der Waals surface area contributed by atoms with E-state index in [1.54, 1.807) is 51.1 Å². The van der Waals surface area contributed by atoms with E-state index in [-0.39, 0.29) is 12.7 Å². The molecule has 0 aliphatic carbocycles. The Bertz CT molecular complexity index is 1050. The normalized spacial score (nSPS) is 11.5. The zero-order chi connectivity index (χ0) is 21.5. The molecule has 3 aromatic rings. The lowest BCUT2D eigenvalue weighted by Crippen LogP contribution is -2.26. The quantitative estimate of drug-likeness (QED) is 0.179. The summed E-state index contributed by atoms with van der Waals surface area (Å²) in [6.07, 6.45) is 0.614. The fraction of sp³-hybridized carbons (Fsp3) is 0.238. The van der Waals surface area contributed by atoms with Gasteiger partial charge in [0.15, 0.2) is 6.10 Å². The van der Waals surface area contributed by atoms with Crippen molar-refractivity contribution in [3.05, 3.63) is 54.5 Å². The second kappa shape index (κ2) is 9.64. The molecule has 156 valence electrons. The van der Waals surface area contributed by atoms with Crippen LogP contribution in [-0.2, 0) is 14.4 Å². The van der Waals surface area contributed by atoms with Gasteiger partial charge in [-0.05, 0) is 57.2 Å². The number of rotatable bonds is 8. The van der Waals surface area contributed by atoms with E-state index in [9.17, 15) is 9.18 Å². The van der Waals surface area contributed by atoms with E-state index in [0.29, 0.717) is 28.2 Å². The summed E-state index contributed by atoms with van der Waals surface area (Å²) in [6, 6.07) is 10.7. The van der Waals surface area contributed by atoms with E-state index in [4.69, 9.17) is 19.0 Å². The van der Waals surface area contributed by atoms with E-state index in [2.05, 4.69) is 15.1 Å². The van der Waals surface area contributed by atoms with Crippen LogP contribution in [0.3, 0.4) is 0 Å². The average molecular weight is 413 g/mol. The Hall–Kier alpha value is -3.75. The van der Waals surface area contributed by atoms with Crippen molar-refractivity contribution in [3.8, 4) is 17.4 Å². The van der Waals surface area contributed by atoms with Crippen molar-refractivity contribution in [2.45, 2.75) is 26.9 Å². The minimum Gasteiger partial charge on any atom is -0.479 e. The van der Waals surface area contributed by atoms with Gasteiger partial charge in [0.1, 0.15) is 17.3 Å². The van der Waals surface area contributed by atoms with Crippen LogP contribution in [0.1, 0.15) is 20.8 Å². The van der Waals surface area contributed by atoms with Gasteiger partial charge in [-0.2, -0.15) is 0 Å². The number of hydrogen-bond acceptors (Lipinski definition) is 8. The number of benzene rings is 2. The summed E-state index contributed by atoms with van der Waals surface area (Å²) >= 11 is 0. The molecule has 0 amide bonds. The monoisotopic (exact) mass is 413 g/mol. The largest absolute Gasteiger partial charge is 0.479 e. The molecule has 1 unspecified atom stereocenters. The number of oxime groups is 1. The topological polar surface area (TPSA) is 92.1 Å². The molecule has 0 saturated heterocycles. The summed E-state index contributed by atoms with van der Waals surface area (Å²) in [4.78, 5) is 25.1. The zero-order valence-electron chi connectivity index (χ0n) is 16.7. The SMILES string of the molecule is CC(C)=NOCOC(=O)C(C)Oc1ccc(Oc2cnc3ccc(F)cc3n2)cc1. The van der Waals surface area contributed by atoms with Gasteiger partial charge >= 0.3 is 5.97 Å². The van der Waals surface area contributed by atoms with Crippen LogP contribution in [0, 0.1) is 5.82 Å². The van der Waals surface area contributed by atoms with Crippen molar-refractivity contribution in [2.75, 3.05) is 6.79 Å². The van der Waals surface area contributed by atoms with Gasteiger partial charge in [0.2, 0.25) is 5.88 Å². The molecule has 0 bridgehead atoms. The number of nitrogens with zero attached hydrogens (tertiary/aromatic N) is 3. The van der Waals surface area contributed by atoms with Crippen molar-refractivity contribution >= 4 is 22.7 Å². The van der Waals surface area contributed by atoms with Crippen LogP contribution < -0.4 is 9.47 Å². The maximum Gasteiger partial charge on any atom is 0.349 e. The molecule has 30 heavy (non-hydrogen) atoms. The van der Waals surface area contributed by atoms with Crippen LogP contribution in [0.15, 0.2) is 53.8 Å².